The van der Waals surface area contributed by atoms with Gasteiger partial charge in [-0.25, -0.2) is 9.78 Å². The summed E-state index contributed by atoms with van der Waals surface area (Å²) in [7, 11) is 0. The zero-order chi connectivity index (χ0) is 16.0. The first kappa shape index (κ1) is 16.3. The van der Waals surface area contributed by atoms with Gasteiger partial charge in [0.15, 0.2) is 0 Å². The van der Waals surface area contributed by atoms with E-state index in [9.17, 15) is 19.7 Å². The highest BCUT2D eigenvalue weighted by Crippen LogP contribution is 2.18. The van der Waals surface area contributed by atoms with E-state index in [2.05, 4.69) is 15.6 Å². The van der Waals surface area contributed by atoms with Crippen molar-refractivity contribution in [3.05, 3.63) is 27.9 Å². The first-order chi connectivity index (χ1) is 9.81. The predicted octanol–water partition coefficient (Wildman–Crippen LogP) is 0.872. The molecule has 21 heavy (non-hydrogen) atoms. The number of aromatic carboxylic acids is 1. The Bertz CT molecular complexity index is 559. The summed E-state index contributed by atoms with van der Waals surface area (Å²) in [6.45, 7) is 4.21. The lowest BCUT2D eigenvalue weighted by atomic mass is 10.2. The summed E-state index contributed by atoms with van der Waals surface area (Å²) in [6, 6.07) is 0.893. The van der Waals surface area contributed by atoms with Gasteiger partial charge in [0.05, 0.1) is 11.5 Å². The molecule has 1 aromatic heterocycles. The second kappa shape index (κ2) is 7.17. The van der Waals surface area contributed by atoms with Gasteiger partial charge in [-0.15, -0.1) is 0 Å². The van der Waals surface area contributed by atoms with Gasteiger partial charge in [0.25, 0.3) is 5.69 Å². The van der Waals surface area contributed by atoms with Gasteiger partial charge in [-0.3, -0.25) is 14.9 Å². The average Bonchev–Trinajstić information content (AvgIpc) is 2.42. The fraction of sp³-hybridized carbons (Fsp3) is 0.417. The molecule has 114 valence electrons. The van der Waals surface area contributed by atoms with Gasteiger partial charge >= 0.3 is 5.97 Å². The van der Waals surface area contributed by atoms with Gasteiger partial charge in [-0.2, -0.15) is 0 Å². The Kier molecular flexibility index (Phi) is 5.58. The number of carbonyl (C=O) groups is 2. The summed E-state index contributed by atoms with van der Waals surface area (Å²) in [4.78, 5) is 36.1. The predicted molar refractivity (Wildman–Crippen MR) is 74.2 cm³/mol. The molecule has 9 heteroatoms. The average molecular weight is 296 g/mol. The van der Waals surface area contributed by atoms with Crippen LogP contribution < -0.4 is 10.6 Å². The van der Waals surface area contributed by atoms with E-state index < -0.39 is 16.6 Å². The molecule has 0 radical (unpaired) electrons. The van der Waals surface area contributed by atoms with Crippen LogP contribution in [0.5, 0.6) is 0 Å². The number of rotatable bonds is 7. The standard InChI is InChI=1S/C12H16N4O5/c1-7(2)4-13-10(17)6-15-11-9(12(18)19)3-8(5-14-11)16(20)21/h3,5,7H,4,6H2,1-2H3,(H,13,17)(H,14,15)(H,18,19). The molecule has 0 aliphatic rings. The Balaban J connectivity index is 2.77. The number of nitrogens with zero attached hydrogens (tertiary/aromatic N) is 2. The third kappa shape index (κ3) is 5.05. The summed E-state index contributed by atoms with van der Waals surface area (Å²) in [6.07, 6.45) is 0.931. The van der Waals surface area contributed by atoms with Crippen molar-refractivity contribution >= 4 is 23.4 Å². The number of amides is 1. The van der Waals surface area contributed by atoms with Crippen molar-refractivity contribution in [2.45, 2.75) is 13.8 Å². The minimum absolute atomic E-state index is 0.0900. The van der Waals surface area contributed by atoms with Gasteiger partial charge in [0, 0.05) is 12.6 Å². The van der Waals surface area contributed by atoms with Crippen molar-refractivity contribution in [2.24, 2.45) is 5.92 Å². The molecule has 0 fully saturated rings. The van der Waals surface area contributed by atoms with E-state index in [0.29, 0.717) is 12.5 Å². The largest absolute Gasteiger partial charge is 0.478 e. The van der Waals surface area contributed by atoms with Crippen LogP contribution in [0.25, 0.3) is 0 Å². The van der Waals surface area contributed by atoms with Crippen LogP contribution in [0.15, 0.2) is 12.3 Å². The van der Waals surface area contributed by atoms with E-state index in [1.54, 1.807) is 0 Å². The van der Waals surface area contributed by atoms with E-state index in [1.165, 1.54) is 0 Å². The van der Waals surface area contributed by atoms with Crippen molar-refractivity contribution in [3.8, 4) is 0 Å². The van der Waals surface area contributed by atoms with Crippen LogP contribution in [0, 0.1) is 16.0 Å². The molecular weight excluding hydrogens is 280 g/mol. The lowest BCUT2D eigenvalue weighted by Gasteiger charge is -2.10. The molecule has 3 N–H and O–H groups in total. The molecular formula is C12H16N4O5. The molecule has 1 heterocycles. The SMILES string of the molecule is CC(C)CNC(=O)CNc1ncc([N+](=O)[O-])cc1C(=O)O. The smallest absolute Gasteiger partial charge is 0.339 e. The molecule has 0 spiro atoms. The summed E-state index contributed by atoms with van der Waals surface area (Å²) < 4.78 is 0. The second-order valence-electron chi connectivity index (χ2n) is 4.70. The first-order valence-electron chi connectivity index (χ1n) is 6.19. The maximum atomic E-state index is 11.5. The van der Waals surface area contributed by atoms with Gasteiger partial charge < -0.3 is 15.7 Å². The molecule has 1 amide bonds. The maximum Gasteiger partial charge on any atom is 0.339 e. The lowest BCUT2D eigenvalue weighted by molar-refractivity contribution is -0.385. The van der Waals surface area contributed by atoms with E-state index in [-0.39, 0.29) is 23.8 Å². The maximum absolute atomic E-state index is 11.5. The van der Waals surface area contributed by atoms with Crippen LogP contribution >= 0.6 is 0 Å². The number of hydrogen-bond acceptors (Lipinski definition) is 6. The van der Waals surface area contributed by atoms with Gasteiger partial charge in [0.1, 0.15) is 17.6 Å². The first-order valence-corrected chi connectivity index (χ1v) is 6.19. The summed E-state index contributed by atoms with van der Waals surface area (Å²) in [5.41, 5.74) is -0.789. The van der Waals surface area contributed by atoms with Crippen LogP contribution in [0.2, 0.25) is 0 Å². The molecule has 0 atom stereocenters. The molecule has 1 aromatic rings. The van der Waals surface area contributed by atoms with E-state index >= 15 is 0 Å². The normalized spacial score (nSPS) is 10.2. The monoisotopic (exact) mass is 296 g/mol. The van der Waals surface area contributed by atoms with Gasteiger partial charge in [-0.1, -0.05) is 13.8 Å². The van der Waals surface area contributed by atoms with Crippen molar-refractivity contribution in [1.82, 2.24) is 10.3 Å². The van der Waals surface area contributed by atoms with Crippen LogP contribution in [0.3, 0.4) is 0 Å². The van der Waals surface area contributed by atoms with Gasteiger partial charge in [0.2, 0.25) is 5.91 Å². The number of carboxylic acid groups (broad SMARTS) is 1. The van der Waals surface area contributed by atoms with Crippen LogP contribution in [-0.4, -0.2) is 40.0 Å². The number of nitrogens with one attached hydrogen (secondary N) is 2. The summed E-state index contributed by atoms with van der Waals surface area (Å²) >= 11 is 0. The Morgan fingerprint density at radius 2 is 2.14 bits per heavy atom. The minimum Gasteiger partial charge on any atom is -0.478 e. The topological polar surface area (TPSA) is 134 Å². The van der Waals surface area contributed by atoms with E-state index in [4.69, 9.17) is 5.11 Å². The van der Waals surface area contributed by atoms with Crippen molar-refractivity contribution in [2.75, 3.05) is 18.4 Å². The van der Waals surface area contributed by atoms with Crippen molar-refractivity contribution in [1.29, 1.82) is 0 Å². The van der Waals surface area contributed by atoms with Crippen molar-refractivity contribution < 1.29 is 19.6 Å². The number of pyridine rings is 1. The highest BCUT2D eigenvalue weighted by atomic mass is 16.6. The van der Waals surface area contributed by atoms with Crippen LogP contribution in [0.4, 0.5) is 11.5 Å². The molecule has 9 nitrogen and oxygen atoms in total. The molecule has 0 unspecified atom stereocenters. The third-order valence-corrected chi connectivity index (χ3v) is 2.44. The number of carboxylic acids is 1. The zero-order valence-corrected chi connectivity index (χ0v) is 11.6. The lowest BCUT2D eigenvalue weighted by Crippen LogP contribution is -2.33. The van der Waals surface area contributed by atoms with E-state index in [1.807, 2.05) is 13.8 Å². The second-order valence-corrected chi connectivity index (χ2v) is 4.70. The number of nitro groups is 1. The Morgan fingerprint density at radius 3 is 2.67 bits per heavy atom. The third-order valence-electron chi connectivity index (χ3n) is 2.44. The summed E-state index contributed by atoms with van der Waals surface area (Å²) in [5, 5.41) is 24.8. The Hall–Kier alpha value is -2.71. The summed E-state index contributed by atoms with van der Waals surface area (Å²) in [5.74, 6) is -1.48. The quantitative estimate of drug-likeness (QED) is 0.502. The number of aromatic nitrogens is 1. The highest BCUT2D eigenvalue weighted by molar-refractivity contribution is 5.94. The molecule has 0 aliphatic heterocycles. The Labute approximate surface area is 120 Å². The number of carbonyl (C=O) groups excluding carboxylic acids is 1. The van der Waals surface area contributed by atoms with Crippen LogP contribution in [0.1, 0.15) is 24.2 Å². The fourth-order valence-corrected chi connectivity index (χ4v) is 1.40. The van der Waals surface area contributed by atoms with Crippen molar-refractivity contribution in [3.63, 3.8) is 0 Å². The fourth-order valence-electron chi connectivity index (χ4n) is 1.40. The van der Waals surface area contributed by atoms with Crippen LogP contribution in [-0.2, 0) is 4.79 Å². The highest BCUT2D eigenvalue weighted by Gasteiger charge is 2.17. The molecule has 0 saturated carbocycles. The zero-order valence-electron chi connectivity index (χ0n) is 11.6. The minimum atomic E-state index is -1.36. The Morgan fingerprint density at radius 1 is 1.48 bits per heavy atom. The molecule has 0 aromatic carbocycles. The molecule has 0 saturated heterocycles. The molecule has 1 rings (SSSR count). The van der Waals surface area contributed by atoms with Gasteiger partial charge in [-0.05, 0) is 5.92 Å². The molecule has 0 bridgehead atoms. The molecule has 0 aliphatic carbocycles. The van der Waals surface area contributed by atoms with E-state index in [0.717, 1.165) is 12.3 Å². The number of anilines is 1. The number of hydrogen-bond donors (Lipinski definition) is 3.